The molecule has 6 nitrogen and oxygen atoms in total. The quantitative estimate of drug-likeness (QED) is 0.806. The van der Waals surface area contributed by atoms with Crippen molar-refractivity contribution >= 4 is 29.0 Å². The van der Waals surface area contributed by atoms with Gasteiger partial charge in [-0.1, -0.05) is 12.1 Å². The second kappa shape index (κ2) is 6.70. The van der Waals surface area contributed by atoms with Gasteiger partial charge in [-0.15, -0.1) is 11.3 Å². The van der Waals surface area contributed by atoms with Crippen LogP contribution in [0.1, 0.15) is 23.4 Å². The SMILES string of the molecule is C[C@H](NC(=O)NCc1cccs1)c1ccc2c(c1)NC(=O)CO2. The Kier molecular flexibility index (Phi) is 4.47. The van der Waals surface area contributed by atoms with Gasteiger partial charge in [0.25, 0.3) is 5.91 Å². The van der Waals surface area contributed by atoms with Gasteiger partial charge in [0, 0.05) is 4.88 Å². The molecule has 2 aromatic rings. The molecule has 1 aromatic carbocycles. The van der Waals surface area contributed by atoms with Gasteiger partial charge in [0.15, 0.2) is 6.61 Å². The van der Waals surface area contributed by atoms with Gasteiger partial charge in [0.2, 0.25) is 0 Å². The molecular formula is C16H17N3O3S. The number of urea groups is 1. The molecule has 0 saturated heterocycles. The number of ether oxygens (including phenoxy) is 1. The van der Waals surface area contributed by atoms with E-state index in [4.69, 9.17) is 4.74 Å². The highest BCUT2D eigenvalue weighted by atomic mass is 32.1. The number of nitrogens with one attached hydrogen (secondary N) is 3. The molecule has 1 aliphatic rings. The first-order valence-electron chi connectivity index (χ1n) is 7.25. The van der Waals surface area contributed by atoms with Crippen LogP contribution in [0.4, 0.5) is 10.5 Å². The van der Waals surface area contributed by atoms with E-state index in [0.29, 0.717) is 18.0 Å². The molecular weight excluding hydrogens is 314 g/mol. The number of hydrogen-bond acceptors (Lipinski definition) is 4. The molecule has 3 N–H and O–H groups in total. The number of carbonyl (C=O) groups excluding carboxylic acids is 2. The zero-order chi connectivity index (χ0) is 16.2. The maximum Gasteiger partial charge on any atom is 0.315 e. The maximum absolute atomic E-state index is 12.0. The summed E-state index contributed by atoms with van der Waals surface area (Å²) in [6.45, 7) is 2.42. The van der Waals surface area contributed by atoms with Crippen LogP contribution in [0.15, 0.2) is 35.7 Å². The highest BCUT2D eigenvalue weighted by Crippen LogP contribution is 2.30. The summed E-state index contributed by atoms with van der Waals surface area (Å²) in [5.74, 6) is 0.464. The average Bonchev–Trinajstić information content (AvgIpc) is 3.05. The van der Waals surface area contributed by atoms with Crippen LogP contribution >= 0.6 is 11.3 Å². The fraction of sp³-hybridized carbons (Fsp3) is 0.250. The molecule has 2 heterocycles. The topological polar surface area (TPSA) is 79.5 Å². The van der Waals surface area contributed by atoms with Crippen LogP contribution in [0.2, 0.25) is 0 Å². The van der Waals surface area contributed by atoms with Gasteiger partial charge in [0.05, 0.1) is 18.3 Å². The Morgan fingerprint density at radius 1 is 1.43 bits per heavy atom. The largest absolute Gasteiger partial charge is 0.482 e. The average molecular weight is 331 g/mol. The van der Waals surface area contributed by atoms with Gasteiger partial charge in [-0.25, -0.2) is 4.79 Å². The second-order valence-electron chi connectivity index (χ2n) is 5.22. The molecule has 0 aliphatic carbocycles. The molecule has 3 rings (SSSR count). The van der Waals surface area contributed by atoms with E-state index in [9.17, 15) is 9.59 Å². The monoisotopic (exact) mass is 331 g/mol. The predicted octanol–water partition coefficient (Wildman–Crippen LogP) is 2.64. The Labute approximate surface area is 137 Å². The first-order chi connectivity index (χ1) is 11.1. The number of fused-ring (bicyclic) bond motifs is 1. The zero-order valence-electron chi connectivity index (χ0n) is 12.6. The lowest BCUT2D eigenvalue weighted by Gasteiger charge is -2.21. The smallest absolute Gasteiger partial charge is 0.315 e. The fourth-order valence-corrected chi connectivity index (χ4v) is 2.93. The first-order valence-corrected chi connectivity index (χ1v) is 8.13. The van der Waals surface area contributed by atoms with Crippen molar-refractivity contribution in [2.75, 3.05) is 11.9 Å². The van der Waals surface area contributed by atoms with E-state index in [-0.39, 0.29) is 24.6 Å². The molecule has 120 valence electrons. The van der Waals surface area contributed by atoms with Crippen LogP contribution in [0.25, 0.3) is 0 Å². The van der Waals surface area contributed by atoms with Crippen molar-refractivity contribution < 1.29 is 14.3 Å². The van der Waals surface area contributed by atoms with E-state index in [2.05, 4.69) is 16.0 Å². The molecule has 0 unspecified atom stereocenters. The molecule has 3 amide bonds. The van der Waals surface area contributed by atoms with Crippen molar-refractivity contribution in [2.24, 2.45) is 0 Å². The lowest BCUT2D eigenvalue weighted by atomic mass is 10.1. The summed E-state index contributed by atoms with van der Waals surface area (Å²) in [6.07, 6.45) is 0. The molecule has 0 bridgehead atoms. The zero-order valence-corrected chi connectivity index (χ0v) is 13.4. The minimum atomic E-state index is -0.232. The van der Waals surface area contributed by atoms with Crippen LogP contribution in [0, 0.1) is 0 Å². The van der Waals surface area contributed by atoms with Crippen LogP contribution in [0.5, 0.6) is 5.75 Å². The molecule has 1 aliphatic heterocycles. The standard InChI is InChI=1S/C16H17N3O3S/c1-10(18-16(21)17-8-12-3-2-6-23-12)11-4-5-14-13(7-11)19-15(20)9-22-14/h2-7,10H,8-9H2,1H3,(H,19,20)(H2,17,18,21)/t10-/m0/s1. The van der Waals surface area contributed by atoms with E-state index >= 15 is 0 Å². The summed E-state index contributed by atoms with van der Waals surface area (Å²) in [4.78, 5) is 24.4. The number of benzene rings is 1. The highest BCUT2D eigenvalue weighted by molar-refractivity contribution is 7.09. The van der Waals surface area contributed by atoms with Crippen molar-refractivity contribution in [3.63, 3.8) is 0 Å². The molecule has 1 atom stereocenters. The van der Waals surface area contributed by atoms with Crippen molar-refractivity contribution in [1.82, 2.24) is 10.6 Å². The Balaban J connectivity index is 1.59. The number of anilines is 1. The minimum Gasteiger partial charge on any atom is -0.482 e. The Bertz CT molecular complexity index is 715. The summed E-state index contributed by atoms with van der Waals surface area (Å²) in [6, 6.07) is 8.99. The third-order valence-electron chi connectivity index (χ3n) is 3.49. The van der Waals surface area contributed by atoms with Crippen LogP contribution in [0.3, 0.4) is 0 Å². The molecule has 0 spiro atoms. The highest BCUT2D eigenvalue weighted by Gasteiger charge is 2.18. The fourth-order valence-electron chi connectivity index (χ4n) is 2.28. The summed E-state index contributed by atoms with van der Waals surface area (Å²) in [7, 11) is 0. The van der Waals surface area contributed by atoms with Gasteiger partial charge in [-0.3, -0.25) is 4.79 Å². The van der Waals surface area contributed by atoms with Crippen molar-refractivity contribution in [1.29, 1.82) is 0 Å². The van der Waals surface area contributed by atoms with E-state index in [1.807, 2.05) is 36.6 Å². The maximum atomic E-state index is 12.0. The van der Waals surface area contributed by atoms with Crippen LogP contribution < -0.4 is 20.7 Å². The molecule has 0 saturated carbocycles. The molecule has 0 fully saturated rings. The normalized spacial score (nSPS) is 14.2. The lowest BCUT2D eigenvalue weighted by Crippen LogP contribution is -2.36. The molecule has 7 heteroatoms. The molecule has 1 aromatic heterocycles. The third kappa shape index (κ3) is 3.81. The van der Waals surface area contributed by atoms with Crippen LogP contribution in [-0.2, 0) is 11.3 Å². The summed E-state index contributed by atoms with van der Waals surface area (Å²) >= 11 is 1.60. The van der Waals surface area contributed by atoms with Crippen molar-refractivity contribution in [2.45, 2.75) is 19.5 Å². The van der Waals surface area contributed by atoms with Gasteiger partial charge in [-0.2, -0.15) is 0 Å². The van der Waals surface area contributed by atoms with E-state index in [0.717, 1.165) is 10.4 Å². The van der Waals surface area contributed by atoms with E-state index in [1.54, 1.807) is 17.4 Å². The predicted molar refractivity (Wildman–Crippen MR) is 88.7 cm³/mol. The van der Waals surface area contributed by atoms with E-state index < -0.39 is 0 Å². The van der Waals surface area contributed by atoms with Gasteiger partial charge in [-0.05, 0) is 36.1 Å². The van der Waals surface area contributed by atoms with Gasteiger partial charge >= 0.3 is 6.03 Å². The Hall–Kier alpha value is -2.54. The summed E-state index contributed by atoms with van der Waals surface area (Å²) < 4.78 is 5.32. The number of rotatable bonds is 4. The van der Waals surface area contributed by atoms with Crippen molar-refractivity contribution in [3.05, 3.63) is 46.2 Å². The van der Waals surface area contributed by atoms with E-state index in [1.165, 1.54) is 0 Å². The summed E-state index contributed by atoms with van der Waals surface area (Å²) in [5.41, 5.74) is 1.52. The van der Waals surface area contributed by atoms with Crippen molar-refractivity contribution in [3.8, 4) is 5.75 Å². The second-order valence-corrected chi connectivity index (χ2v) is 6.25. The lowest BCUT2D eigenvalue weighted by molar-refractivity contribution is -0.118. The first kappa shape index (κ1) is 15.4. The number of thiophene rings is 1. The number of hydrogen-bond donors (Lipinski definition) is 3. The number of amides is 3. The minimum absolute atomic E-state index is 0.0330. The summed E-state index contributed by atoms with van der Waals surface area (Å²) in [5, 5.41) is 10.4. The van der Waals surface area contributed by atoms with Crippen LogP contribution in [-0.4, -0.2) is 18.5 Å². The Morgan fingerprint density at radius 3 is 3.09 bits per heavy atom. The molecule has 0 radical (unpaired) electrons. The Morgan fingerprint density at radius 2 is 2.30 bits per heavy atom. The van der Waals surface area contributed by atoms with Gasteiger partial charge in [0.1, 0.15) is 5.75 Å². The number of carbonyl (C=O) groups is 2. The molecule has 23 heavy (non-hydrogen) atoms. The third-order valence-corrected chi connectivity index (χ3v) is 4.36. The van der Waals surface area contributed by atoms with Gasteiger partial charge < -0.3 is 20.7 Å².